The molecule has 1 aromatic carbocycles. The van der Waals surface area contributed by atoms with Crippen LogP contribution in [0.25, 0.3) is 10.9 Å². The lowest BCUT2D eigenvalue weighted by Gasteiger charge is -2.04. The van der Waals surface area contributed by atoms with Gasteiger partial charge in [-0.2, -0.15) is 0 Å². The minimum Gasteiger partial charge on any atom is -0.395 e. The molecule has 0 aliphatic heterocycles. The van der Waals surface area contributed by atoms with E-state index in [-0.39, 0.29) is 12.4 Å². The van der Waals surface area contributed by atoms with E-state index < -0.39 is 10.0 Å². The summed E-state index contributed by atoms with van der Waals surface area (Å²) >= 11 is 0. The molecule has 0 aliphatic rings. The fourth-order valence-electron chi connectivity index (χ4n) is 1.87. The highest BCUT2D eigenvalue weighted by Gasteiger charge is 2.09. The molecule has 0 unspecified atom stereocenters. The molecule has 0 bridgehead atoms. The van der Waals surface area contributed by atoms with Crippen molar-refractivity contribution in [1.29, 1.82) is 0 Å². The van der Waals surface area contributed by atoms with Gasteiger partial charge in [0, 0.05) is 23.6 Å². The van der Waals surface area contributed by atoms with E-state index in [1.54, 1.807) is 0 Å². The van der Waals surface area contributed by atoms with Gasteiger partial charge in [-0.1, -0.05) is 18.2 Å². The average molecular weight is 268 g/mol. The Balaban J connectivity index is 1.99. The van der Waals surface area contributed by atoms with Gasteiger partial charge in [0.25, 0.3) is 0 Å². The second kappa shape index (κ2) is 5.51. The molecule has 0 fully saturated rings. The predicted octanol–water partition coefficient (Wildman–Crippen LogP) is 0.622. The van der Waals surface area contributed by atoms with Crippen LogP contribution in [-0.4, -0.2) is 37.4 Å². The van der Waals surface area contributed by atoms with Crippen molar-refractivity contribution in [2.24, 2.45) is 0 Å². The molecule has 0 spiro atoms. The van der Waals surface area contributed by atoms with Gasteiger partial charge >= 0.3 is 0 Å². The number of aromatic amines is 1. The van der Waals surface area contributed by atoms with Crippen LogP contribution in [0.5, 0.6) is 0 Å². The number of nitrogens with one attached hydrogen (secondary N) is 2. The molecule has 0 amide bonds. The lowest BCUT2D eigenvalue weighted by Crippen LogP contribution is -2.29. The minimum absolute atomic E-state index is 0.249. The van der Waals surface area contributed by atoms with Crippen molar-refractivity contribution >= 4 is 20.9 Å². The summed E-state index contributed by atoms with van der Waals surface area (Å²) in [5, 5.41) is 9.71. The first-order chi connectivity index (χ1) is 8.62. The van der Waals surface area contributed by atoms with Gasteiger partial charge in [-0.15, -0.1) is 0 Å². The van der Waals surface area contributed by atoms with Gasteiger partial charge in [0.1, 0.15) is 0 Å². The Hall–Kier alpha value is -1.37. The number of sulfonamides is 1. The smallest absolute Gasteiger partial charge is 0.213 e. The van der Waals surface area contributed by atoms with Gasteiger partial charge < -0.3 is 10.1 Å². The summed E-state index contributed by atoms with van der Waals surface area (Å²) in [6, 6.07) is 7.89. The summed E-state index contributed by atoms with van der Waals surface area (Å²) in [5.41, 5.74) is 2.13. The molecule has 1 aromatic heterocycles. The van der Waals surface area contributed by atoms with Gasteiger partial charge in [-0.3, -0.25) is 0 Å². The van der Waals surface area contributed by atoms with E-state index in [1.807, 2.05) is 30.5 Å². The SMILES string of the molecule is O=S(=O)(CCO)NCCc1c[nH]c2ccccc12. The molecule has 6 heteroatoms. The third-order valence-electron chi connectivity index (χ3n) is 2.75. The van der Waals surface area contributed by atoms with Crippen LogP contribution in [0.3, 0.4) is 0 Å². The third kappa shape index (κ3) is 3.10. The summed E-state index contributed by atoms with van der Waals surface area (Å²) in [6.45, 7) is -0.0212. The van der Waals surface area contributed by atoms with Gasteiger partial charge in [0.15, 0.2) is 0 Å². The molecule has 0 aliphatic carbocycles. The number of fused-ring (bicyclic) bond motifs is 1. The van der Waals surface area contributed by atoms with Crippen LogP contribution in [0.1, 0.15) is 5.56 Å². The number of aliphatic hydroxyl groups is 1. The normalized spacial score (nSPS) is 12.1. The van der Waals surface area contributed by atoms with Crippen molar-refractivity contribution in [3.05, 3.63) is 36.0 Å². The summed E-state index contributed by atoms with van der Waals surface area (Å²) in [4.78, 5) is 3.14. The first-order valence-corrected chi connectivity index (χ1v) is 7.41. The van der Waals surface area contributed by atoms with E-state index in [1.165, 1.54) is 0 Å². The maximum Gasteiger partial charge on any atom is 0.213 e. The summed E-state index contributed by atoms with van der Waals surface area (Å²) in [5.74, 6) is -0.249. The maximum absolute atomic E-state index is 11.3. The fraction of sp³-hybridized carbons (Fsp3) is 0.333. The van der Waals surface area contributed by atoms with Crippen molar-refractivity contribution < 1.29 is 13.5 Å². The number of H-pyrrole nitrogens is 1. The highest BCUT2D eigenvalue weighted by molar-refractivity contribution is 7.89. The molecular weight excluding hydrogens is 252 g/mol. The molecule has 0 saturated carbocycles. The Morgan fingerprint density at radius 1 is 1.28 bits per heavy atom. The molecule has 1 heterocycles. The fourth-order valence-corrected chi connectivity index (χ4v) is 2.67. The predicted molar refractivity (Wildman–Crippen MR) is 70.9 cm³/mol. The Morgan fingerprint density at radius 2 is 2.06 bits per heavy atom. The number of hydrogen-bond donors (Lipinski definition) is 3. The first-order valence-electron chi connectivity index (χ1n) is 5.75. The van der Waals surface area contributed by atoms with Crippen molar-refractivity contribution in [2.45, 2.75) is 6.42 Å². The minimum atomic E-state index is -3.35. The van der Waals surface area contributed by atoms with Crippen LogP contribution in [0.15, 0.2) is 30.5 Å². The van der Waals surface area contributed by atoms with E-state index in [2.05, 4.69) is 9.71 Å². The van der Waals surface area contributed by atoms with Crippen LogP contribution in [0.4, 0.5) is 0 Å². The molecule has 0 saturated heterocycles. The number of para-hydroxylation sites is 1. The number of aromatic nitrogens is 1. The van der Waals surface area contributed by atoms with E-state index in [4.69, 9.17) is 5.11 Å². The number of aliphatic hydroxyl groups excluding tert-OH is 1. The molecule has 98 valence electrons. The summed E-state index contributed by atoms with van der Waals surface area (Å²) in [7, 11) is -3.35. The summed E-state index contributed by atoms with van der Waals surface area (Å²) < 4.78 is 25.1. The zero-order valence-corrected chi connectivity index (χ0v) is 10.7. The number of rotatable bonds is 6. The van der Waals surface area contributed by atoms with Gasteiger partial charge in [0.2, 0.25) is 10.0 Å². The van der Waals surface area contributed by atoms with E-state index >= 15 is 0 Å². The lowest BCUT2D eigenvalue weighted by atomic mass is 10.1. The largest absolute Gasteiger partial charge is 0.395 e. The Kier molecular flexibility index (Phi) is 4.00. The molecule has 0 atom stereocenters. The van der Waals surface area contributed by atoms with Gasteiger partial charge in [-0.25, -0.2) is 13.1 Å². The molecule has 5 nitrogen and oxygen atoms in total. The standard InChI is InChI=1S/C12H16N2O3S/c15-7-8-18(16,17)14-6-5-10-9-13-12-4-2-1-3-11(10)12/h1-4,9,13-15H,5-8H2. The Bertz CT molecular complexity index is 619. The third-order valence-corrected chi connectivity index (χ3v) is 4.12. The number of hydrogen-bond acceptors (Lipinski definition) is 3. The van der Waals surface area contributed by atoms with E-state index in [0.717, 1.165) is 16.5 Å². The Morgan fingerprint density at radius 3 is 2.83 bits per heavy atom. The van der Waals surface area contributed by atoms with Crippen molar-refractivity contribution in [3.8, 4) is 0 Å². The topological polar surface area (TPSA) is 82.2 Å². The molecule has 2 rings (SSSR count). The second-order valence-electron chi connectivity index (χ2n) is 4.05. The van der Waals surface area contributed by atoms with Crippen molar-refractivity contribution in [1.82, 2.24) is 9.71 Å². The van der Waals surface area contributed by atoms with E-state index in [0.29, 0.717) is 13.0 Å². The van der Waals surface area contributed by atoms with Gasteiger partial charge in [0.05, 0.1) is 12.4 Å². The van der Waals surface area contributed by atoms with Crippen LogP contribution < -0.4 is 4.72 Å². The van der Waals surface area contributed by atoms with Crippen molar-refractivity contribution in [3.63, 3.8) is 0 Å². The van der Waals surface area contributed by atoms with Gasteiger partial charge in [-0.05, 0) is 18.1 Å². The Labute approximate surface area is 106 Å². The summed E-state index contributed by atoms with van der Waals surface area (Å²) in [6.07, 6.45) is 2.51. The van der Waals surface area contributed by atoms with Crippen LogP contribution >= 0.6 is 0 Å². The second-order valence-corrected chi connectivity index (χ2v) is 5.97. The molecule has 18 heavy (non-hydrogen) atoms. The highest BCUT2D eigenvalue weighted by Crippen LogP contribution is 2.17. The van der Waals surface area contributed by atoms with Crippen LogP contribution in [0.2, 0.25) is 0 Å². The van der Waals surface area contributed by atoms with Crippen LogP contribution in [0, 0.1) is 0 Å². The zero-order valence-electron chi connectivity index (χ0n) is 9.89. The molecule has 0 radical (unpaired) electrons. The molecule has 3 N–H and O–H groups in total. The van der Waals surface area contributed by atoms with E-state index in [9.17, 15) is 8.42 Å². The highest BCUT2D eigenvalue weighted by atomic mass is 32.2. The first kappa shape index (κ1) is 13.1. The molecular formula is C12H16N2O3S. The maximum atomic E-state index is 11.3. The average Bonchev–Trinajstić information content (AvgIpc) is 2.73. The molecule has 2 aromatic rings. The number of benzene rings is 1. The zero-order chi connectivity index (χ0) is 13.0. The van der Waals surface area contributed by atoms with Crippen molar-refractivity contribution in [2.75, 3.05) is 18.9 Å². The van der Waals surface area contributed by atoms with Crippen LogP contribution in [-0.2, 0) is 16.4 Å². The quantitative estimate of drug-likeness (QED) is 0.718. The lowest BCUT2D eigenvalue weighted by molar-refractivity contribution is 0.319. The monoisotopic (exact) mass is 268 g/mol.